The Labute approximate surface area is 93.2 Å². The van der Waals surface area contributed by atoms with Gasteiger partial charge in [-0.3, -0.25) is 0 Å². The molecule has 0 saturated carbocycles. The minimum atomic E-state index is -0.283. The maximum atomic E-state index is 11.5. The van der Waals surface area contributed by atoms with Gasteiger partial charge < -0.3 is 10.1 Å². The van der Waals surface area contributed by atoms with E-state index in [1.807, 2.05) is 12.1 Å². The average molecular weight is 223 g/mol. The quantitative estimate of drug-likeness (QED) is 0.742. The first-order chi connectivity index (χ1) is 7.22. The van der Waals surface area contributed by atoms with E-state index in [-0.39, 0.29) is 5.97 Å². The summed E-state index contributed by atoms with van der Waals surface area (Å²) in [4.78, 5) is 12.6. The standard InChI is InChI=1S/C11H13NO2S/c1-7-6-15-9-5-3-4-8(10(9)12-7)11(13)14-2/h3-5,7,12H,6H2,1-2H3. The second kappa shape index (κ2) is 4.14. The molecule has 1 unspecified atom stereocenters. The molecule has 0 fully saturated rings. The summed E-state index contributed by atoms with van der Waals surface area (Å²) in [5, 5.41) is 3.32. The molecule has 0 aromatic heterocycles. The number of carbonyl (C=O) groups excluding carboxylic acids is 1. The molecule has 4 heteroatoms. The van der Waals surface area contributed by atoms with Crippen LogP contribution in [0.3, 0.4) is 0 Å². The first kappa shape index (κ1) is 10.4. The number of thioether (sulfide) groups is 1. The van der Waals surface area contributed by atoms with Crippen molar-refractivity contribution >= 4 is 23.4 Å². The van der Waals surface area contributed by atoms with Crippen molar-refractivity contribution in [3.63, 3.8) is 0 Å². The third-order valence-electron chi connectivity index (χ3n) is 2.31. The molecule has 0 amide bonds. The van der Waals surface area contributed by atoms with E-state index in [9.17, 15) is 4.79 Å². The predicted octanol–water partition coefficient (Wildman–Crippen LogP) is 2.38. The number of benzene rings is 1. The van der Waals surface area contributed by atoms with E-state index >= 15 is 0 Å². The van der Waals surface area contributed by atoms with E-state index in [1.165, 1.54) is 7.11 Å². The molecular weight excluding hydrogens is 210 g/mol. The van der Waals surface area contributed by atoms with E-state index in [0.29, 0.717) is 11.6 Å². The minimum Gasteiger partial charge on any atom is -0.465 e. The Hall–Kier alpha value is -1.16. The number of fused-ring (bicyclic) bond motifs is 1. The highest BCUT2D eigenvalue weighted by Crippen LogP contribution is 2.35. The van der Waals surface area contributed by atoms with Crippen molar-refractivity contribution in [1.82, 2.24) is 0 Å². The number of methoxy groups -OCH3 is 1. The number of ether oxygens (including phenoxy) is 1. The van der Waals surface area contributed by atoms with Gasteiger partial charge in [0.1, 0.15) is 0 Å². The Kier molecular flexibility index (Phi) is 2.86. The van der Waals surface area contributed by atoms with Crippen LogP contribution in [0.1, 0.15) is 17.3 Å². The molecule has 0 bridgehead atoms. The highest BCUT2D eigenvalue weighted by molar-refractivity contribution is 7.99. The summed E-state index contributed by atoms with van der Waals surface area (Å²) in [6.07, 6.45) is 0. The number of para-hydroxylation sites is 1. The fourth-order valence-electron chi connectivity index (χ4n) is 1.58. The van der Waals surface area contributed by atoms with Gasteiger partial charge in [-0.2, -0.15) is 0 Å². The minimum absolute atomic E-state index is 0.283. The molecule has 0 aliphatic carbocycles. The van der Waals surface area contributed by atoms with Crippen LogP contribution in [0.15, 0.2) is 23.1 Å². The summed E-state index contributed by atoms with van der Waals surface area (Å²) in [5.74, 6) is 0.742. The van der Waals surface area contributed by atoms with Gasteiger partial charge in [-0.1, -0.05) is 6.07 Å². The molecule has 1 aliphatic heterocycles. The predicted molar refractivity (Wildman–Crippen MR) is 61.6 cm³/mol. The number of rotatable bonds is 1. The van der Waals surface area contributed by atoms with Crippen molar-refractivity contribution in [1.29, 1.82) is 0 Å². The third-order valence-corrected chi connectivity index (χ3v) is 3.63. The number of hydrogen-bond acceptors (Lipinski definition) is 4. The summed E-state index contributed by atoms with van der Waals surface area (Å²) in [5.41, 5.74) is 1.53. The molecule has 1 N–H and O–H groups in total. The van der Waals surface area contributed by atoms with Gasteiger partial charge in [0.2, 0.25) is 0 Å². The molecule has 1 atom stereocenters. The Morgan fingerprint density at radius 2 is 2.40 bits per heavy atom. The van der Waals surface area contributed by atoms with Crippen molar-refractivity contribution in [3.8, 4) is 0 Å². The molecule has 1 aliphatic rings. The Balaban J connectivity index is 2.44. The topological polar surface area (TPSA) is 38.3 Å². The van der Waals surface area contributed by atoms with Gasteiger partial charge in [-0.15, -0.1) is 11.8 Å². The number of hydrogen-bond donors (Lipinski definition) is 1. The lowest BCUT2D eigenvalue weighted by Crippen LogP contribution is -2.24. The third kappa shape index (κ3) is 1.95. The van der Waals surface area contributed by atoms with Crippen LogP contribution >= 0.6 is 11.8 Å². The Morgan fingerprint density at radius 3 is 3.13 bits per heavy atom. The summed E-state index contributed by atoms with van der Waals surface area (Å²) in [6, 6.07) is 6.07. The second-order valence-corrected chi connectivity index (χ2v) is 4.59. The Morgan fingerprint density at radius 1 is 1.60 bits per heavy atom. The van der Waals surface area contributed by atoms with Crippen LogP contribution in [-0.4, -0.2) is 24.9 Å². The van der Waals surface area contributed by atoms with Crippen LogP contribution in [0.2, 0.25) is 0 Å². The number of esters is 1. The first-order valence-corrected chi connectivity index (χ1v) is 5.81. The summed E-state index contributed by atoms with van der Waals surface area (Å²) in [7, 11) is 1.40. The molecule has 15 heavy (non-hydrogen) atoms. The maximum absolute atomic E-state index is 11.5. The zero-order chi connectivity index (χ0) is 10.8. The smallest absolute Gasteiger partial charge is 0.340 e. The monoisotopic (exact) mass is 223 g/mol. The molecule has 1 aromatic rings. The molecule has 3 nitrogen and oxygen atoms in total. The lowest BCUT2D eigenvalue weighted by atomic mass is 10.1. The van der Waals surface area contributed by atoms with Crippen molar-refractivity contribution in [2.45, 2.75) is 17.9 Å². The van der Waals surface area contributed by atoms with Crippen LogP contribution in [0.4, 0.5) is 5.69 Å². The summed E-state index contributed by atoms with van der Waals surface area (Å²) < 4.78 is 4.75. The number of anilines is 1. The maximum Gasteiger partial charge on any atom is 0.340 e. The van der Waals surface area contributed by atoms with Gasteiger partial charge in [0.05, 0.1) is 18.4 Å². The van der Waals surface area contributed by atoms with Gasteiger partial charge in [0, 0.05) is 16.7 Å². The first-order valence-electron chi connectivity index (χ1n) is 4.83. The van der Waals surface area contributed by atoms with Gasteiger partial charge in [0.25, 0.3) is 0 Å². The lowest BCUT2D eigenvalue weighted by molar-refractivity contribution is 0.0601. The van der Waals surface area contributed by atoms with Crippen molar-refractivity contribution in [3.05, 3.63) is 23.8 Å². The average Bonchev–Trinajstić information content (AvgIpc) is 2.27. The molecule has 2 rings (SSSR count). The number of carbonyl (C=O) groups is 1. The van der Waals surface area contributed by atoms with Crippen molar-refractivity contribution in [2.75, 3.05) is 18.2 Å². The van der Waals surface area contributed by atoms with Crippen LogP contribution < -0.4 is 5.32 Å². The van der Waals surface area contributed by atoms with Crippen LogP contribution in [0.25, 0.3) is 0 Å². The number of nitrogens with one attached hydrogen (secondary N) is 1. The Bertz CT molecular complexity index is 392. The van der Waals surface area contributed by atoms with Gasteiger partial charge in [-0.25, -0.2) is 4.79 Å². The second-order valence-electron chi connectivity index (χ2n) is 3.53. The molecule has 1 heterocycles. The molecule has 0 saturated heterocycles. The van der Waals surface area contributed by atoms with Gasteiger partial charge in [-0.05, 0) is 19.1 Å². The zero-order valence-corrected chi connectivity index (χ0v) is 9.56. The van der Waals surface area contributed by atoms with E-state index in [4.69, 9.17) is 4.74 Å². The molecular formula is C11H13NO2S. The van der Waals surface area contributed by atoms with Crippen LogP contribution in [0, 0.1) is 0 Å². The van der Waals surface area contributed by atoms with Crippen molar-refractivity contribution < 1.29 is 9.53 Å². The van der Waals surface area contributed by atoms with Gasteiger partial charge >= 0.3 is 5.97 Å². The summed E-state index contributed by atoms with van der Waals surface area (Å²) in [6.45, 7) is 2.10. The molecule has 1 aromatic carbocycles. The van der Waals surface area contributed by atoms with E-state index < -0.39 is 0 Å². The zero-order valence-electron chi connectivity index (χ0n) is 8.74. The van der Waals surface area contributed by atoms with Gasteiger partial charge in [0.15, 0.2) is 0 Å². The van der Waals surface area contributed by atoms with E-state index in [0.717, 1.165) is 16.3 Å². The molecule has 0 spiro atoms. The normalized spacial score (nSPS) is 18.9. The van der Waals surface area contributed by atoms with Crippen LogP contribution in [-0.2, 0) is 4.74 Å². The van der Waals surface area contributed by atoms with Crippen molar-refractivity contribution in [2.24, 2.45) is 0 Å². The van der Waals surface area contributed by atoms with E-state index in [2.05, 4.69) is 12.2 Å². The van der Waals surface area contributed by atoms with E-state index in [1.54, 1.807) is 17.8 Å². The highest BCUT2D eigenvalue weighted by atomic mass is 32.2. The SMILES string of the molecule is COC(=O)c1cccc2c1NC(C)CS2. The molecule has 0 radical (unpaired) electrons. The lowest BCUT2D eigenvalue weighted by Gasteiger charge is -2.25. The van der Waals surface area contributed by atoms with Crippen LogP contribution in [0.5, 0.6) is 0 Å². The summed E-state index contributed by atoms with van der Waals surface area (Å²) >= 11 is 1.77. The largest absolute Gasteiger partial charge is 0.465 e. The highest BCUT2D eigenvalue weighted by Gasteiger charge is 2.20. The fraction of sp³-hybridized carbons (Fsp3) is 0.364. The molecule has 80 valence electrons. The fourth-order valence-corrected chi connectivity index (χ4v) is 2.58.